The molecule has 5 nitrogen and oxygen atoms in total. The minimum absolute atomic E-state index is 0.0134. The number of carbonyl (C=O) groups is 1. The normalized spacial score (nSPS) is 15.9. The molecular formula is C20H28N4OS. The zero-order valence-corrected chi connectivity index (χ0v) is 16.7. The summed E-state index contributed by atoms with van der Waals surface area (Å²) in [4.78, 5) is 22.5. The molecule has 1 amide bonds. The third-order valence-corrected chi connectivity index (χ3v) is 5.87. The highest BCUT2D eigenvalue weighted by Crippen LogP contribution is 2.22. The van der Waals surface area contributed by atoms with E-state index < -0.39 is 0 Å². The first-order valence-electron chi connectivity index (χ1n) is 9.30. The Labute approximate surface area is 160 Å². The van der Waals surface area contributed by atoms with Crippen molar-refractivity contribution in [3.05, 3.63) is 40.3 Å². The zero-order valence-electron chi connectivity index (χ0n) is 15.9. The zero-order chi connectivity index (χ0) is 18.5. The highest BCUT2D eigenvalue weighted by Gasteiger charge is 2.19. The van der Waals surface area contributed by atoms with E-state index in [1.54, 1.807) is 11.3 Å². The number of thiazole rings is 1. The predicted molar refractivity (Wildman–Crippen MR) is 109 cm³/mol. The van der Waals surface area contributed by atoms with Crippen LogP contribution in [0.2, 0.25) is 0 Å². The number of amides is 1. The van der Waals surface area contributed by atoms with Gasteiger partial charge in [-0.3, -0.25) is 9.69 Å². The van der Waals surface area contributed by atoms with E-state index in [9.17, 15) is 4.79 Å². The van der Waals surface area contributed by atoms with Crippen molar-refractivity contribution >= 4 is 28.6 Å². The third-order valence-electron chi connectivity index (χ3n) is 4.97. The molecular weight excluding hydrogens is 344 g/mol. The van der Waals surface area contributed by atoms with Gasteiger partial charge in [-0.2, -0.15) is 0 Å². The highest BCUT2D eigenvalue weighted by molar-refractivity contribution is 7.11. The van der Waals surface area contributed by atoms with Crippen molar-refractivity contribution in [3.8, 4) is 0 Å². The van der Waals surface area contributed by atoms with Crippen LogP contribution in [0.3, 0.4) is 0 Å². The molecule has 2 aromatic rings. The van der Waals surface area contributed by atoms with Crippen LogP contribution >= 0.6 is 11.3 Å². The van der Waals surface area contributed by atoms with Crippen molar-refractivity contribution in [2.75, 3.05) is 30.4 Å². The van der Waals surface area contributed by atoms with E-state index in [0.717, 1.165) is 30.3 Å². The quantitative estimate of drug-likeness (QED) is 0.835. The molecule has 0 radical (unpaired) electrons. The molecule has 1 aliphatic rings. The number of aryl methyl sites for hydroxylation is 1. The van der Waals surface area contributed by atoms with E-state index in [1.165, 1.54) is 29.8 Å². The minimum atomic E-state index is -0.209. The summed E-state index contributed by atoms with van der Waals surface area (Å²) in [6, 6.07) is 8.01. The molecule has 6 heteroatoms. The maximum absolute atomic E-state index is 12.6. The molecule has 0 unspecified atom stereocenters. The lowest BCUT2D eigenvalue weighted by molar-refractivity contribution is -0.120. The van der Waals surface area contributed by atoms with Gasteiger partial charge in [-0.15, -0.1) is 11.3 Å². The number of nitrogens with one attached hydrogen (secondary N) is 1. The summed E-state index contributed by atoms with van der Waals surface area (Å²) in [5, 5.41) is 4.09. The van der Waals surface area contributed by atoms with Gasteiger partial charge in [0, 0.05) is 42.1 Å². The SMILES string of the molecule is Cc1ncc(CN(C)[C@H](C)C(=O)Nc2ccc(N3CCCCC3)cc2)s1. The van der Waals surface area contributed by atoms with E-state index >= 15 is 0 Å². The lowest BCUT2D eigenvalue weighted by Gasteiger charge is -2.29. The minimum Gasteiger partial charge on any atom is -0.372 e. The van der Waals surface area contributed by atoms with Crippen LogP contribution in [0.5, 0.6) is 0 Å². The summed E-state index contributed by atoms with van der Waals surface area (Å²) >= 11 is 1.68. The second-order valence-electron chi connectivity index (χ2n) is 7.02. The Kier molecular flexibility index (Phi) is 6.27. The number of rotatable bonds is 6. The average Bonchev–Trinajstić information content (AvgIpc) is 3.07. The topological polar surface area (TPSA) is 48.5 Å². The van der Waals surface area contributed by atoms with Gasteiger partial charge in [0.15, 0.2) is 0 Å². The second-order valence-corrected chi connectivity index (χ2v) is 8.34. The fraction of sp³-hybridized carbons (Fsp3) is 0.500. The summed E-state index contributed by atoms with van der Waals surface area (Å²) in [7, 11) is 1.97. The van der Waals surface area contributed by atoms with Crippen molar-refractivity contribution in [1.82, 2.24) is 9.88 Å². The molecule has 1 aromatic carbocycles. The summed E-state index contributed by atoms with van der Waals surface area (Å²) < 4.78 is 0. The number of aromatic nitrogens is 1. The standard InChI is InChI=1S/C20H28N4OS/c1-15(23(3)14-19-13-21-16(2)26-19)20(25)22-17-7-9-18(10-8-17)24-11-5-4-6-12-24/h7-10,13,15H,4-6,11-12,14H2,1-3H3,(H,22,25)/t15-/m1/s1. The number of hydrogen-bond donors (Lipinski definition) is 1. The number of piperidine rings is 1. The van der Waals surface area contributed by atoms with Crippen LogP contribution in [-0.4, -0.2) is 42.0 Å². The molecule has 1 N–H and O–H groups in total. The summed E-state index contributed by atoms with van der Waals surface area (Å²) in [6.07, 6.45) is 5.75. The van der Waals surface area contributed by atoms with Crippen molar-refractivity contribution in [2.24, 2.45) is 0 Å². The van der Waals surface area contributed by atoms with Crippen LogP contribution in [0, 0.1) is 6.92 Å². The predicted octanol–water partition coefficient (Wildman–Crippen LogP) is 3.90. The molecule has 2 heterocycles. The number of anilines is 2. The van der Waals surface area contributed by atoms with Gasteiger partial charge in [0.25, 0.3) is 0 Å². The molecule has 140 valence electrons. The van der Waals surface area contributed by atoms with Gasteiger partial charge >= 0.3 is 0 Å². The molecule has 1 saturated heterocycles. The second kappa shape index (κ2) is 8.64. The van der Waals surface area contributed by atoms with Gasteiger partial charge in [0.1, 0.15) is 0 Å². The number of carbonyl (C=O) groups excluding carboxylic acids is 1. The van der Waals surface area contributed by atoms with Gasteiger partial charge in [-0.05, 0) is 64.4 Å². The summed E-state index contributed by atoms with van der Waals surface area (Å²) in [5.74, 6) is 0.0134. The van der Waals surface area contributed by atoms with Crippen molar-refractivity contribution in [2.45, 2.75) is 45.7 Å². The molecule has 0 bridgehead atoms. The molecule has 0 aliphatic carbocycles. The number of benzene rings is 1. The first-order valence-corrected chi connectivity index (χ1v) is 10.1. The van der Waals surface area contributed by atoms with Crippen LogP contribution in [0.1, 0.15) is 36.1 Å². The molecule has 0 spiro atoms. The largest absolute Gasteiger partial charge is 0.372 e. The Hall–Kier alpha value is -1.92. The first kappa shape index (κ1) is 18.9. The van der Waals surface area contributed by atoms with Crippen molar-refractivity contribution in [1.29, 1.82) is 0 Å². The molecule has 1 aliphatic heterocycles. The molecule has 3 rings (SSSR count). The molecule has 26 heavy (non-hydrogen) atoms. The van der Waals surface area contributed by atoms with Crippen LogP contribution < -0.4 is 10.2 Å². The van der Waals surface area contributed by atoms with Crippen LogP contribution in [0.4, 0.5) is 11.4 Å². The monoisotopic (exact) mass is 372 g/mol. The maximum atomic E-state index is 12.6. The fourth-order valence-electron chi connectivity index (χ4n) is 3.22. The fourth-order valence-corrected chi connectivity index (χ4v) is 4.07. The Morgan fingerprint density at radius 1 is 1.27 bits per heavy atom. The van der Waals surface area contributed by atoms with Crippen LogP contribution in [0.15, 0.2) is 30.5 Å². The Morgan fingerprint density at radius 3 is 2.58 bits per heavy atom. The third kappa shape index (κ3) is 4.83. The van der Waals surface area contributed by atoms with Crippen molar-refractivity contribution < 1.29 is 4.79 Å². The Bertz CT molecular complexity index is 722. The molecule has 0 saturated carbocycles. The first-order chi connectivity index (χ1) is 12.5. The maximum Gasteiger partial charge on any atom is 0.241 e. The smallest absolute Gasteiger partial charge is 0.241 e. The molecule has 1 fully saturated rings. The van der Waals surface area contributed by atoms with E-state index in [2.05, 4.69) is 27.3 Å². The lowest BCUT2D eigenvalue weighted by atomic mass is 10.1. The van der Waals surface area contributed by atoms with Gasteiger partial charge < -0.3 is 10.2 Å². The van der Waals surface area contributed by atoms with Crippen molar-refractivity contribution in [3.63, 3.8) is 0 Å². The van der Waals surface area contributed by atoms with Gasteiger partial charge in [-0.25, -0.2) is 4.98 Å². The van der Waals surface area contributed by atoms with E-state index in [4.69, 9.17) is 0 Å². The summed E-state index contributed by atoms with van der Waals surface area (Å²) in [5.41, 5.74) is 2.10. The van der Waals surface area contributed by atoms with Crippen LogP contribution in [0.25, 0.3) is 0 Å². The molecule has 1 aromatic heterocycles. The average molecular weight is 373 g/mol. The number of hydrogen-bond acceptors (Lipinski definition) is 5. The Balaban J connectivity index is 1.54. The lowest BCUT2D eigenvalue weighted by Crippen LogP contribution is -2.39. The highest BCUT2D eigenvalue weighted by atomic mass is 32.1. The van der Waals surface area contributed by atoms with E-state index in [1.807, 2.05) is 44.1 Å². The van der Waals surface area contributed by atoms with E-state index in [0.29, 0.717) is 0 Å². The number of likely N-dealkylation sites (N-methyl/N-ethyl adjacent to an activating group) is 1. The molecule has 1 atom stereocenters. The van der Waals surface area contributed by atoms with Crippen LogP contribution in [-0.2, 0) is 11.3 Å². The van der Waals surface area contributed by atoms with Gasteiger partial charge in [0.2, 0.25) is 5.91 Å². The van der Waals surface area contributed by atoms with Gasteiger partial charge in [-0.1, -0.05) is 0 Å². The number of nitrogens with zero attached hydrogens (tertiary/aromatic N) is 3. The summed E-state index contributed by atoms with van der Waals surface area (Å²) in [6.45, 7) is 6.92. The Morgan fingerprint density at radius 2 is 1.96 bits per heavy atom. The van der Waals surface area contributed by atoms with Gasteiger partial charge in [0.05, 0.1) is 11.0 Å². The van der Waals surface area contributed by atoms with E-state index in [-0.39, 0.29) is 11.9 Å².